The quantitative estimate of drug-likeness (QED) is 0.777. The van der Waals surface area contributed by atoms with Crippen LogP contribution in [0.2, 0.25) is 0 Å². The molecular formula is C15H18BrNS. The summed E-state index contributed by atoms with van der Waals surface area (Å²) >= 11 is 5.50. The van der Waals surface area contributed by atoms with Crippen LogP contribution in [0.5, 0.6) is 0 Å². The molecule has 0 aliphatic heterocycles. The molecule has 0 radical (unpaired) electrons. The number of halogens is 1. The molecule has 0 amide bonds. The lowest BCUT2D eigenvalue weighted by Gasteiger charge is -2.15. The van der Waals surface area contributed by atoms with Crippen LogP contribution < -0.4 is 5.32 Å². The van der Waals surface area contributed by atoms with E-state index in [1.54, 1.807) is 0 Å². The van der Waals surface area contributed by atoms with Gasteiger partial charge in [0.1, 0.15) is 0 Å². The van der Waals surface area contributed by atoms with Gasteiger partial charge in [0.15, 0.2) is 0 Å². The fraction of sp³-hybridized carbons (Fsp3) is 0.333. The van der Waals surface area contributed by atoms with Crippen molar-refractivity contribution >= 4 is 33.0 Å². The van der Waals surface area contributed by atoms with Crippen LogP contribution in [-0.4, -0.2) is 0 Å². The van der Waals surface area contributed by atoms with Gasteiger partial charge in [0.25, 0.3) is 0 Å². The van der Waals surface area contributed by atoms with E-state index in [0.29, 0.717) is 6.04 Å². The van der Waals surface area contributed by atoms with Crippen molar-refractivity contribution in [2.24, 2.45) is 0 Å². The van der Waals surface area contributed by atoms with Crippen LogP contribution in [0, 0.1) is 6.92 Å². The van der Waals surface area contributed by atoms with Gasteiger partial charge < -0.3 is 5.32 Å². The summed E-state index contributed by atoms with van der Waals surface area (Å²) in [6.07, 6.45) is 1.12. The molecule has 1 unspecified atom stereocenters. The summed E-state index contributed by atoms with van der Waals surface area (Å²) in [5, 5.41) is 3.55. The van der Waals surface area contributed by atoms with Gasteiger partial charge in [-0.2, -0.15) is 0 Å². The molecule has 1 nitrogen and oxygen atoms in total. The normalized spacial score (nSPS) is 12.4. The average Bonchev–Trinajstić information content (AvgIpc) is 2.81. The zero-order valence-corrected chi connectivity index (χ0v) is 13.4. The monoisotopic (exact) mass is 323 g/mol. The van der Waals surface area contributed by atoms with Crippen LogP contribution >= 0.6 is 27.3 Å². The number of hydrogen-bond donors (Lipinski definition) is 1. The number of aryl methyl sites for hydroxylation is 2. The van der Waals surface area contributed by atoms with Crippen molar-refractivity contribution in [2.75, 3.05) is 5.32 Å². The van der Waals surface area contributed by atoms with Crippen molar-refractivity contribution in [3.8, 4) is 0 Å². The molecule has 2 aromatic rings. The highest BCUT2D eigenvalue weighted by Gasteiger charge is 2.09. The van der Waals surface area contributed by atoms with Crippen molar-refractivity contribution < 1.29 is 0 Å². The van der Waals surface area contributed by atoms with Crippen molar-refractivity contribution in [2.45, 2.75) is 33.2 Å². The lowest BCUT2D eigenvalue weighted by atomic mass is 10.2. The molecule has 1 aromatic carbocycles. The fourth-order valence-corrected chi connectivity index (χ4v) is 3.42. The summed E-state index contributed by atoms with van der Waals surface area (Å²) in [5.74, 6) is 0. The van der Waals surface area contributed by atoms with Gasteiger partial charge in [0.05, 0.1) is 6.04 Å². The maximum absolute atomic E-state index is 3.61. The molecule has 0 saturated heterocycles. The predicted molar refractivity (Wildman–Crippen MR) is 84.6 cm³/mol. The van der Waals surface area contributed by atoms with Gasteiger partial charge in [-0.1, -0.05) is 13.0 Å². The Balaban J connectivity index is 2.13. The van der Waals surface area contributed by atoms with Gasteiger partial charge in [0, 0.05) is 19.9 Å². The summed E-state index contributed by atoms with van der Waals surface area (Å²) in [4.78, 5) is 2.83. The number of nitrogens with one attached hydrogen (secondary N) is 1. The van der Waals surface area contributed by atoms with E-state index in [-0.39, 0.29) is 0 Å². The molecule has 0 spiro atoms. The Hall–Kier alpha value is -0.800. The SMILES string of the molecule is CCc1ccc(C(C)Nc2ccc(C)cc2Br)s1. The van der Waals surface area contributed by atoms with E-state index in [4.69, 9.17) is 0 Å². The molecule has 0 bridgehead atoms. The van der Waals surface area contributed by atoms with Gasteiger partial charge in [-0.3, -0.25) is 0 Å². The van der Waals surface area contributed by atoms with Crippen molar-refractivity contribution in [3.05, 3.63) is 50.1 Å². The van der Waals surface area contributed by atoms with Gasteiger partial charge in [-0.05, 0) is 66.0 Å². The first-order valence-electron chi connectivity index (χ1n) is 6.21. The molecule has 0 aliphatic rings. The third-order valence-electron chi connectivity index (χ3n) is 2.95. The summed E-state index contributed by atoms with van der Waals surface area (Å²) in [6.45, 7) is 6.51. The first-order valence-corrected chi connectivity index (χ1v) is 7.82. The molecule has 18 heavy (non-hydrogen) atoms. The van der Waals surface area contributed by atoms with Gasteiger partial charge in [-0.25, -0.2) is 0 Å². The molecular weight excluding hydrogens is 306 g/mol. The standard InChI is InChI=1S/C15H18BrNS/c1-4-12-6-8-15(18-12)11(3)17-14-7-5-10(2)9-13(14)16/h5-9,11,17H,4H2,1-3H3. The van der Waals surface area contributed by atoms with Crippen molar-refractivity contribution in [1.82, 2.24) is 0 Å². The van der Waals surface area contributed by atoms with Gasteiger partial charge >= 0.3 is 0 Å². The van der Waals surface area contributed by atoms with Crippen LogP contribution in [0.3, 0.4) is 0 Å². The number of hydrogen-bond acceptors (Lipinski definition) is 2. The maximum Gasteiger partial charge on any atom is 0.0578 e. The minimum atomic E-state index is 0.342. The summed E-state index contributed by atoms with van der Waals surface area (Å²) < 4.78 is 1.13. The molecule has 1 aromatic heterocycles. The Labute approximate surface area is 121 Å². The second-order valence-corrected chi connectivity index (χ2v) is 6.56. The minimum Gasteiger partial charge on any atom is -0.377 e. The molecule has 1 atom stereocenters. The molecule has 0 aliphatic carbocycles. The highest BCUT2D eigenvalue weighted by atomic mass is 79.9. The lowest BCUT2D eigenvalue weighted by Crippen LogP contribution is -2.05. The number of rotatable bonds is 4. The Bertz CT molecular complexity index is 533. The van der Waals surface area contributed by atoms with Crippen LogP contribution in [0.25, 0.3) is 0 Å². The van der Waals surface area contributed by atoms with E-state index < -0.39 is 0 Å². The van der Waals surface area contributed by atoms with Crippen LogP contribution in [0.1, 0.15) is 35.2 Å². The number of thiophene rings is 1. The second-order valence-electron chi connectivity index (χ2n) is 4.51. The third kappa shape index (κ3) is 3.15. The summed E-state index contributed by atoms with van der Waals surface area (Å²) in [7, 11) is 0. The van der Waals surface area contributed by atoms with Crippen LogP contribution in [0.4, 0.5) is 5.69 Å². The summed E-state index contributed by atoms with van der Waals surface area (Å²) in [6, 6.07) is 11.2. The highest BCUT2D eigenvalue weighted by molar-refractivity contribution is 9.10. The Morgan fingerprint density at radius 3 is 2.67 bits per heavy atom. The molecule has 96 valence electrons. The zero-order valence-electron chi connectivity index (χ0n) is 11.0. The predicted octanol–water partition coefficient (Wildman–Crippen LogP) is 5.55. The Morgan fingerprint density at radius 2 is 2.06 bits per heavy atom. The van der Waals surface area contributed by atoms with Crippen molar-refractivity contribution in [3.63, 3.8) is 0 Å². The van der Waals surface area contributed by atoms with Gasteiger partial charge in [-0.15, -0.1) is 11.3 Å². The molecule has 0 fully saturated rings. The second kappa shape index (κ2) is 5.89. The fourth-order valence-electron chi connectivity index (χ4n) is 1.86. The van der Waals surface area contributed by atoms with E-state index in [1.165, 1.54) is 15.3 Å². The van der Waals surface area contributed by atoms with Gasteiger partial charge in [0.2, 0.25) is 0 Å². The third-order valence-corrected chi connectivity index (χ3v) is 5.02. The number of anilines is 1. The molecule has 2 rings (SSSR count). The van der Waals surface area contributed by atoms with Crippen LogP contribution in [0.15, 0.2) is 34.8 Å². The smallest absolute Gasteiger partial charge is 0.0578 e. The first-order chi connectivity index (χ1) is 8.60. The molecule has 3 heteroatoms. The maximum atomic E-state index is 3.61. The first kappa shape index (κ1) is 13.6. The Kier molecular flexibility index (Phi) is 4.46. The highest BCUT2D eigenvalue weighted by Crippen LogP contribution is 2.30. The minimum absolute atomic E-state index is 0.342. The van der Waals surface area contributed by atoms with E-state index >= 15 is 0 Å². The zero-order chi connectivity index (χ0) is 13.1. The lowest BCUT2D eigenvalue weighted by molar-refractivity contribution is 0.906. The van der Waals surface area contributed by atoms with E-state index in [1.807, 2.05) is 11.3 Å². The largest absolute Gasteiger partial charge is 0.377 e. The molecule has 0 saturated carbocycles. The average molecular weight is 324 g/mol. The van der Waals surface area contributed by atoms with Crippen molar-refractivity contribution in [1.29, 1.82) is 0 Å². The summed E-state index contributed by atoms with van der Waals surface area (Å²) in [5.41, 5.74) is 2.42. The van der Waals surface area contributed by atoms with E-state index in [0.717, 1.165) is 16.6 Å². The van der Waals surface area contributed by atoms with Crippen LogP contribution in [-0.2, 0) is 6.42 Å². The molecule has 1 N–H and O–H groups in total. The number of benzene rings is 1. The Morgan fingerprint density at radius 1 is 1.28 bits per heavy atom. The van der Waals surface area contributed by atoms with E-state index in [2.05, 4.69) is 72.3 Å². The molecule has 1 heterocycles. The topological polar surface area (TPSA) is 12.0 Å². The van der Waals surface area contributed by atoms with E-state index in [9.17, 15) is 0 Å².